The third-order valence-corrected chi connectivity index (χ3v) is 3.86. The van der Waals surface area contributed by atoms with Crippen LogP contribution in [0.15, 0.2) is 48.5 Å². The molecule has 0 bridgehead atoms. The highest BCUT2D eigenvalue weighted by atomic mass is 35.5. The monoisotopic (exact) mass is 348 g/mol. The van der Waals surface area contributed by atoms with Gasteiger partial charge in [0.05, 0.1) is 11.0 Å². The van der Waals surface area contributed by atoms with Gasteiger partial charge in [-0.3, -0.25) is 14.9 Å². The molecule has 0 heterocycles. The zero-order chi connectivity index (χ0) is 17.7. The van der Waals surface area contributed by atoms with E-state index in [0.717, 1.165) is 5.56 Å². The van der Waals surface area contributed by atoms with Crippen molar-refractivity contribution in [3.8, 4) is 0 Å². The van der Waals surface area contributed by atoms with E-state index in [2.05, 4.69) is 5.32 Å². The van der Waals surface area contributed by atoms with E-state index in [9.17, 15) is 20.0 Å². The minimum atomic E-state index is -0.740. The maximum Gasteiger partial charge on any atom is 0.300 e. The van der Waals surface area contributed by atoms with E-state index in [4.69, 9.17) is 11.6 Å². The van der Waals surface area contributed by atoms with Gasteiger partial charge in [-0.05, 0) is 31.0 Å². The van der Waals surface area contributed by atoms with Crippen molar-refractivity contribution in [2.24, 2.45) is 0 Å². The SMILES string of the molecule is C[C@H](C[C@H](O)c1ccccc1)NC(=O)c1cccc(Cl)c1[N+](=O)[O-]. The number of hydrogen-bond acceptors (Lipinski definition) is 4. The molecule has 2 rings (SSSR count). The number of halogens is 1. The summed E-state index contributed by atoms with van der Waals surface area (Å²) in [5.74, 6) is -0.600. The zero-order valence-corrected chi connectivity index (χ0v) is 13.7. The lowest BCUT2D eigenvalue weighted by atomic mass is 10.0. The van der Waals surface area contributed by atoms with Crippen LogP contribution in [0.25, 0.3) is 0 Å². The number of benzene rings is 2. The van der Waals surface area contributed by atoms with Gasteiger partial charge < -0.3 is 10.4 Å². The average molecular weight is 349 g/mol. The Hall–Kier alpha value is -2.44. The summed E-state index contributed by atoms with van der Waals surface area (Å²) in [6.45, 7) is 1.72. The maximum absolute atomic E-state index is 12.3. The van der Waals surface area contributed by atoms with Gasteiger partial charge in [0.15, 0.2) is 0 Å². The molecule has 0 aromatic heterocycles. The molecule has 0 saturated carbocycles. The summed E-state index contributed by atoms with van der Waals surface area (Å²) in [7, 11) is 0. The molecule has 0 fully saturated rings. The van der Waals surface area contributed by atoms with Crippen LogP contribution in [-0.2, 0) is 0 Å². The number of nitrogens with one attached hydrogen (secondary N) is 1. The quantitative estimate of drug-likeness (QED) is 0.617. The van der Waals surface area contributed by atoms with Gasteiger partial charge in [0.25, 0.3) is 5.91 Å². The fourth-order valence-corrected chi connectivity index (χ4v) is 2.63. The minimum Gasteiger partial charge on any atom is -0.388 e. The van der Waals surface area contributed by atoms with E-state index in [-0.39, 0.29) is 23.0 Å². The van der Waals surface area contributed by atoms with Gasteiger partial charge in [-0.15, -0.1) is 0 Å². The van der Waals surface area contributed by atoms with E-state index in [1.165, 1.54) is 18.2 Å². The van der Waals surface area contributed by atoms with Crippen LogP contribution in [-0.4, -0.2) is 22.0 Å². The molecule has 7 heteroatoms. The Balaban J connectivity index is 2.07. The molecular weight excluding hydrogens is 332 g/mol. The Labute approximate surface area is 144 Å². The smallest absolute Gasteiger partial charge is 0.300 e. The van der Waals surface area contributed by atoms with Gasteiger partial charge in [-0.1, -0.05) is 48.0 Å². The zero-order valence-electron chi connectivity index (χ0n) is 13.0. The van der Waals surface area contributed by atoms with Crippen LogP contribution in [0, 0.1) is 10.1 Å². The van der Waals surface area contributed by atoms with Crippen molar-refractivity contribution in [3.05, 3.63) is 74.8 Å². The normalized spacial score (nSPS) is 13.1. The average Bonchev–Trinajstić information content (AvgIpc) is 2.54. The molecule has 2 atom stereocenters. The van der Waals surface area contributed by atoms with Crippen LogP contribution in [0.2, 0.25) is 5.02 Å². The number of nitrogens with zero attached hydrogens (tertiary/aromatic N) is 1. The van der Waals surface area contributed by atoms with Crippen LogP contribution in [0.4, 0.5) is 5.69 Å². The molecule has 2 aromatic rings. The van der Waals surface area contributed by atoms with Gasteiger partial charge in [-0.25, -0.2) is 0 Å². The lowest BCUT2D eigenvalue weighted by Gasteiger charge is -2.18. The lowest BCUT2D eigenvalue weighted by molar-refractivity contribution is -0.385. The van der Waals surface area contributed by atoms with E-state index >= 15 is 0 Å². The first-order valence-corrected chi connectivity index (χ1v) is 7.74. The van der Waals surface area contributed by atoms with Gasteiger partial charge in [0.2, 0.25) is 0 Å². The highest BCUT2D eigenvalue weighted by molar-refractivity contribution is 6.33. The summed E-state index contributed by atoms with van der Waals surface area (Å²) in [4.78, 5) is 22.7. The molecule has 6 nitrogen and oxygen atoms in total. The number of amides is 1. The molecule has 126 valence electrons. The molecular formula is C17H17ClN2O4. The van der Waals surface area contributed by atoms with E-state index < -0.39 is 22.6 Å². The molecule has 0 aliphatic heterocycles. The molecule has 24 heavy (non-hydrogen) atoms. The number of aliphatic hydroxyl groups excluding tert-OH is 1. The molecule has 2 N–H and O–H groups in total. The topological polar surface area (TPSA) is 92.5 Å². The lowest BCUT2D eigenvalue weighted by Crippen LogP contribution is -2.34. The third-order valence-electron chi connectivity index (χ3n) is 3.55. The highest BCUT2D eigenvalue weighted by Gasteiger charge is 2.25. The summed E-state index contributed by atoms with van der Waals surface area (Å²) >= 11 is 5.81. The summed E-state index contributed by atoms with van der Waals surface area (Å²) in [6, 6.07) is 12.9. The predicted octanol–water partition coefficient (Wildman–Crippen LogP) is 3.49. The summed E-state index contributed by atoms with van der Waals surface area (Å²) in [6.07, 6.45) is -0.458. The number of nitro benzene ring substituents is 1. The molecule has 0 aliphatic rings. The van der Waals surface area contributed by atoms with Crippen LogP contribution >= 0.6 is 11.6 Å². The van der Waals surface area contributed by atoms with E-state index in [0.29, 0.717) is 0 Å². The summed E-state index contributed by atoms with van der Waals surface area (Å²) in [5.41, 5.74) is 0.216. The van der Waals surface area contributed by atoms with E-state index in [1.807, 2.05) is 18.2 Å². The largest absolute Gasteiger partial charge is 0.388 e. The number of carbonyl (C=O) groups excluding carboxylic acids is 1. The number of rotatable bonds is 6. The molecule has 1 amide bonds. The first kappa shape index (κ1) is 17.9. The molecule has 0 saturated heterocycles. The predicted molar refractivity (Wildman–Crippen MR) is 91.1 cm³/mol. The van der Waals surface area contributed by atoms with Crippen molar-refractivity contribution in [2.75, 3.05) is 0 Å². The molecule has 0 spiro atoms. The second-order valence-electron chi connectivity index (χ2n) is 5.43. The number of aliphatic hydroxyl groups is 1. The van der Waals surface area contributed by atoms with E-state index in [1.54, 1.807) is 19.1 Å². The molecule has 0 radical (unpaired) electrons. The second-order valence-corrected chi connectivity index (χ2v) is 5.84. The van der Waals surface area contributed by atoms with Crippen molar-refractivity contribution in [2.45, 2.75) is 25.5 Å². The number of hydrogen-bond donors (Lipinski definition) is 2. The molecule has 0 aliphatic carbocycles. The van der Waals surface area contributed by atoms with Crippen molar-refractivity contribution < 1.29 is 14.8 Å². The Morgan fingerprint density at radius 3 is 2.54 bits per heavy atom. The highest BCUT2D eigenvalue weighted by Crippen LogP contribution is 2.28. The first-order valence-electron chi connectivity index (χ1n) is 7.37. The van der Waals surface area contributed by atoms with Crippen molar-refractivity contribution in [1.29, 1.82) is 0 Å². The molecule has 2 aromatic carbocycles. The van der Waals surface area contributed by atoms with Crippen molar-refractivity contribution in [1.82, 2.24) is 5.32 Å². The fraction of sp³-hybridized carbons (Fsp3) is 0.235. The number of nitro groups is 1. The van der Waals surface area contributed by atoms with Crippen LogP contribution < -0.4 is 5.32 Å². The van der Waals surface area contributed by atoms with Crippen LogP contribution in [0.5, 0.6) is 0 Å². The molecule has 0 unspecified atom stereocenters. The van der Waals surface area contributed by atoms with Crippen LogP contribution in [0.3, 0.4) is 0 Å². The number of carbonyl (C=O) groups is 1. The number of para-hydroxylation sites is 1. The Kier molecular flexibility index (Phi) is 5.89. The Morgan fingerprint density at radius 2 is 1.92 bits per heavy atom. The second kappa shape index (κ2) is 7.90. The minimum absolute atomic E-state index is 0.0929. The van der Waals surface area contributed by atoms with Gasteiger partial charge in [0.1, 0.15) is 10.6 Å². The van der Waals surface area contributed by atoms with Crippen LogP contribution in [0.1, 0.15) is 35.4 Å². The fourth-order valence-electron chi connectivity index (χ4n) is 2.39. The first-order chi connectivity index (χ1) is 11.4. The van der Waals surface area contributed by atoms with Gasteiger partial charge >= 0.3 is 5.69 Å². The van der Waals surface area contributed by atoms with Gasteiger partial charge in [0, 0.05) is 6.04 Å². The Morgan fingerprint density at radius 1 is 1.25 bits per heavy atom. The maximum atomic E-state index is 12.3. The summed E-state index contributed by atoms with van der Waals surface area (Å²) < 4.78 is 0. The Bertz CT molecular complexity index is 737. The standard InChI is InChI=1S/C17H17ClN2O4/c1-11(10-15(21)12-6-3-2-4-7-12)19-17(22)13-8-5-9-14(18)16(13)20(23)24/h2-9,11,15,21H,10H2,1H3,(H,19,22)/t11-,15+/m1/s1. The summed E-state index contributed by atoms with van der Waals surface area (Å²) in [5, 5.41) is 23.8. The van der Waals surface area contributed by atoms with Crippen molar-refractivity contribution >= 4 is 23.2 Å². The van der Waals surface area contributed by atoms with Gasteiger partial charge in [-0.2, -0.15) is 0 Å². The third kappa shape index (κ3) is 4.31. The van der Waals surface area contributed by atoms with Crippen molar-refractivity contribution in [3.63, 3.8) is 0 Å².